The topological polar surface area (TPSA) is 52.3 Å². The number of carbonyl (C=O) groups is 1. The van der Waals surface area contributed by atoms with E-state index in [1.54, 1.807) is 12.1 Å². The first-order chi connectivity index (χ1) is 7.16. The van der Waals surface area contributed by atoms with E-state index < -0.39 is 0 Å². The average molecular weight is 205 g/mol. The van der Waals surface area contributed by atoms with Gasteiger partial charge in [0, 0.05) is 5.69 Å². The fraction of sp³-hybridized carbons (Fsp3) is 0.417. The summed E-state index contributed by atoms with van der Waals surface area (Å²) in [4.78, 5) is 11.7. The standard InChI is InChI=1S/C12H15NO2/c1-8-5-6-11(13)10(7-8)12(14)15-9-3-2-4-9/h5-7,9H,2-4,13H2,1H3. The van der Waals surface area contributed by atoms with E-state index >= 15 is 0 Å². The molecule has 0 atom stereocenters. The van der Waals surface area contributed by atoms with E-state index in [1.807, 2.05) is 13.0 Å². The Morgan fingerprint density at radius 2 is 2.20 bits per heavy atom. The van der Waals surface area contributed by atoms with Crippen LogP contribution in [0, 0.1) is 6.92 Å². The highest BCUT2D eigenvalue weighted by Crippen LogP contribution is 2.24. The lowest BCUT2D eigenvalue weighted by Crippen LogP contribution is -2.25. The number of hydrogen-bond donors (Lipinski definition) is 1. The normalized spacial score (nSPS) is 15.8. The van der Waals surface area contributed by atoms with Gasteiger partial charge < -0.3 is 10.5 Å². The van der Waals surface area contributed by atoms with Gasteiger partial charge in [-0.25, -0.2) is 4.79 Å². The van der Waals surface area contributed by atoms with Crippen LogP contribution in [-0.2, 0) is 4.74 Å². The summed E-state index contributed by atoms with van der Waals surface area (Å²) < 4.78 is 5.29. The number of carbonyl (C=O) groups excluding carboxylic acids is 1. The van der Waals surface area contributed by atoms with Gasteiger partial charge in [0.2, 0.25) is 0 Å². The van der Waals surface area contributed by atoms with Crippen molar-refractivity contribution in [1.29, 1.82) is 0 Å². The third-order valence-corrected chi connectivity index (χ3v) is 2.75. The van der Waals surface area contributed by atoms with Gasteiger partial charge in [-0.05, 0) is 38.3 Å². The Morgan fingerprint density at radius 3 is 2.80 bits per heavy atom. The van der Waals surface area contributed by atoms with E-state index in [9.17, 15) is 4.79 Å². The van der Waals surface area contributed by atoms with Crippen molar-refractivity contribution >= 4 is 11.7 Å². The molecule has 0 aromatic heterocycles. The molecule has 1 aromatic rings. The van der Waals surface area contributed by atoms with Gasteiger partial charge in [0.25, 0.3) is 0 Å². The predicted molar refractivity (Wildman–Crippen MR) is 58.6 cm³/mol. The average Bonchev–Trinajstić information content (AvgIpc) is 2.15. The molecule has 0 bridgehead atoms. The second-order valence-corrected chi connectivity index (χ2v) is 4.05. The summed E-state index contributed by atoms with van der Waals surface area (Å²) in [6.07, 6.45) is 3.23. The molecule has 1 aliphatic carbocycles. The zero-order valence-electron chi connectivity index (χ0n) is 8.82. The molecule has 0 unspecified atom stereocenters. The van der Waals surface area contributed by atoms with Crippen LogP contribution in [0.4, 0.5) is 5.69 Å². The molecular weight excluding hydrogens is 190 g/mol. The van der Waals surface area contributed by atoms with E-state index in [2.05, 4.69) is 0 Å². The highest BCUT2D eigenvalue weighted by molar-refractivity contribution is 5.95. The van der Waals surface area contributed by atoms with Crippen LogP contribution >= 0.6 is 0 Å². The van der Waals surface area contributed by atoms with Crippen LogP contribution in [0.15, 0.2) is 18.2 Å². The number of ether oxygens (including phenoxy) is 1. The maximum Gasteiger partial charge on any atom is 0.340 e. The summed E-state index contributed by atoms with van der Waals surface area (Å²) in [5.74, 6) is -0.291. The van der Waals surface area contributed by atoms with Crippen LogP contribution < -0.4 is 5.73 Å². The second-order valence-electron chi connectivity index (χ2n) is 4.05. The Balaban J connectivity index is 2.12. The van der Waals surface area contributed by atoms with Gasteiger partial charge in [-0.2, -0.15) is 0 Å². The molecule has 2 rings (SSSR count). The molecule has 2 N–H and O–H groups in total. The quantitative estimate of drug-likeness (QED) is 0.595. The smallest absolute Gasteiger partial charge is 0.340 e. The fourth-order valence-corrected chi connectivity index (χ4v) is 1.55. The van der Waals surface area contributed by atoms with E-state index in [4.69, 9.17) is 10.5 Å². The number of benzene rings is 1. The van der Waals surface area contributed by atoms with Gasteiger partial charge >= 0.3 is 5.97 Å². The second kappa shape index (κ2) is 3.93. The minimum Gasteiger partial charge on any atom is -0.459 e. The van der Waals surface area contributed by atoms with E-state index in [0.29, 0.717) is 11.3 Å². The third-order valence-electron chi connectivity index (χ3n) is 2.75. The number of nitrogens with two attached hydrogens (primary N) is 1. The van der Waals surface area contributed by atoms with Crippen molar-refractivity contribution < 1.29 is 9.53 Å². The summed E-state index contributed by atoms with van der Waals surface area (Å²) in [5.41, 5.74) is 7.72. The van der Waals surface area contributed by atoms with E-state index in [1.165, 1.54) is 0 Å². The Labute approximate surface area is 89.2 Å². The molecule has 1 saturated carbocycles. The lowest BCUT2D eigenvalue weighted by molar-refractivity contribution is 0.00912. The Morgan fingerprint density at radius 1 is 1.47 bits per heavy atom. The largest absolute Gasteiger partial charge is 0.459 e. The van der Waals surface area contributed by atoms with Crippen LogP contribution in [0.5, 0.6) is 0 Å². The number of nitrogen functional groups attached to an aromatic ring is 1. The fourth-order valence-electron chi connectivity index (χ4n) is 1.55. The third kappa shape index (κ3) is 2.12. The van der Waals surface area contributed by atoms with Crippen molar-refractivity contribution in [3.05, 3.63) is 29.3 Å². The summed E-state index contributed by atoms with van der Waals surface area (Å²) >= 11 is 0. The zero-order chi connectivity index (χ0) is 10.8. The van der Waals surface area contributed by atoms with Crippen LogP contribution in [0.3, 0.4) is 0 Å². The lowest BCUT2D eigenvalue weighted by Gasteiger charge is -2.25. The van der Waals surface area contributed by atoms with Crippen LogP contribution in [0.1, 0.15) is 35.2 Å². The predicted octanol–water partition coefficient (Wildman–Crippen LogP) is 2.29. The number of esters is 1. The summed E-state index contributed by atoms with van der Waals surface area (Å²) in [6, 6.07) is 5.40. The van der Waals surface area contributed by atoms with Crippen LogP contribution in [0.2, 0.25) is 0 Å². The van der Waals surface area contributed by atoms with Crippen LogP contribution in [-0.4, -0.2) is 12.1 Å². The first kappa shape index (κ1) is 10.0. The molecule has 0 heterocycles. The summed E-state index contributed by atoms with van der Waals surface area (Å²) in [6.45, 7) is 1.93. The van der Waals surface area contributed by atoms with Gasteiger partial charge in [-0.15, -0.1) is 0 Å². The number of anilines is 1. The molecule has 1 aliphatic rings. The van der Waals surface area contributed by atoms with Gasteiger partial charge in [-0.3, -0.25) is 0 Å². The Bertz CT molecular complexity index is 383. The van der Waals surface area contributed by atoms with Gasteiger partial charge in [0.05, 0.1) is 5.56 Å². The highest BCUT2D eigenvalue weighted by Gasteiger charge is 2.23. The zero-order valence-corrected chi connectivity index (χ0v) is 8.82. The molecule has 1 fully saturated rings. The van der Waals surface area contributed by atoms with E-state index in [0.717, 1.165) is 24.8 Å². The molecule has 1 aromatic carbocycles. The number of rotatable bonds is 2. The van der Waals surface area contributed by atoms with Crippen molar-refractivity contribution in [2.45, 2.75) is 32.3 Å². The molecule has 80 valence electrons. The Hall–Kier alpha value is -1.51. The number of hydrogen-bond acceptors (Lipinski definition) is 3. The van der Waals surface area contributed by atoms with Gasteiger partial charge in [0.15, 0.2) is 0 Å². The SMILES string of the molecule is Cc1ccc(N)c(C(=O)OC2CCC2)c1. The monoisotopic (exact) mass is 205 g/mol. The van der Waals surface area contributed by atoms with Gasteiger partial charge in [0.1, 0.15) is 6.10 Å². The molecule has 15 heavy (non-hydrogen) atoms. The summed E-state index contributed by atoms with van der Waals surface area (Å²) in [7, 11) is 0. The van der Waals surface area contributed by atoms with Crippen molar-refractivity contribution in [3.63, 3.8) is 0 Å². The highest BCUT2D eigenvalue weighted by atomic mass is 16.5. The first-order valence-corrected chi connectivity index (χ1v) is 5.24. The Kier molecular flexibility index (Phi) is 2.62. The van der Waals surface area contributed by atoms with Crippen molar-refractivity contribution in [2.75, 3.05) is 5.73 Å². The lowest BCUT2D eigenvalue weighted by atomic mass is 9.96. The van der Waals surface area contributed by atoms with Crippen molar-refractivity contribution in [3.8, 4) is 0 Å². The molecule has 0 spiro atoms. The van der Waals surface area contributed by atoms with Crippen molar-refractivity contribution in [2.24, 2.45) is 0 Å². The molecular formula is C12H15NO2. The molecule has 0 aliphatic heterocycles. The molecule has 0 amide bonds. The van der Waals surface area contributed by atoms with E-state index in [-0.39, 0.29) is 12.1 Å². The first-order valence-electron chi connectivity index (χ1n) is 5.24. The molecule has 3 nitrogen and oxygen atoms in total. The minimum absolute atomic E-state index is 0.109. The van der Waals surface area contributed by atoms with Crippen molar-refractivity contribution in [1.82, 2.24) is 0 Å². The molecule has 3 heteroatoms. The maximum absolute atomic E-state index is 11.7. The van der Waals surface area contributed by atoms with Crippen LogP contribution in [0.25, 0.3) is 0 Å². The number of aryl methyl sites for hydroxylation is 1. The minimum atomic E-state index is -0.291. The van der Waals surface area contributed by atoms with Gasteiger partial charge in [-0.1, -0.05) is 11.6 Å². The molecule has 0 saturated heterocycles. The molecule has 0 radical (unpaired) electrons. The summed E-state index contributed by atoms with van der Waals surface area (Å²) in [5, 5.41) is 0. The maximum atomic E-state index is 11.7.